The zero-order valence-electron chi connectivity index (χ0n) is 17.1. The number of anilines is 1. The van der Waals surface area contributed by atoms with Crippen LogP contribution in [0.1, 0.15) is 58.1 Å². The minimum absolute atomic E-state index is 0.168. The summed E-state index contributed by atoms with van der Waals surface area (Å²) in [4.78, 5) is 27.2. The number of nitrogens with two attached hydrogens (primary N) is 1. The first-order valence-corrected chi connectivity index (χ1v) is 11.2. The van der Waals surface area contributed by atoms with Gasteiger partial charge in [0.1, 0.15) is 5.00 Å². The molecule has 1 aliphatic rings. The lowest BCUT2D eigenvalue weighted by Crippen LogP contribution is -2.39. The minimum Gasteiger partial charge on any atom is -0.365 e. The molecule has 0 unspecified atom stereocenters. The van der Waals surface area contributed by atoms with Gasteiger partial charge in [-0.15, -0.1) is 11.3 Å². The number of carbonyl (C=O) groups excluding carboxylic acids is 2. The third-order valence-corrected chi connectivity index (χ3v) is 7.26. The van der Waals surface area contributed by atoms with Crippen LogP contribution in [0.5, 0.6) is 0 Å². The molecule has 0 spiro atoms. The average molecular weight is 419 g/mol. The van der Waals surface area contributed by atoms with Crippen LogP contribution >= 0.6 is 11.3 Å². The minimum atomic E-state index is -0.904. The molecule has 3 N–H and O–H groups in total. The number of rotatable bonds is 5. The summed E-state index contributed by atoms with van der Waals surface area (Å²) in [6.45, 7) is 1.93. The summed E-state index contributed by atoms with van der Waals surface area (Å²) in [5, 5.41) is 3.67. The second kappa shape index (κ2) is 8.44. The quantitative estimate of drug-likeness (QED) is 0.569. The first-order valence-electron chi connectivity index (χ1n) is 10.4. The van der Waals surface area contributed by atoms with E-state index in [1.165, 1.54) is 16.2 Å². The Hall–Kier alpha value is -2.92. The maximum Gasteiger partial charge on any atom is 0.251 e. The summed E-state index contributed by atoms with van der Waals surface area (Å²) in [6.07, 6.45) is 5.08. The van der Waals surface area contributed by atoms with Crippen LogP contribution in [0.25, 0.3) is 0 Å². The predicted molar refractivity (Wildman–Crippen MR) is 122 cm³/mol. The van der Waals surface area contributed by atoms with Crippen LogP contribution in [0.2, 0.25) is 0 Å². The molecule has 30 heavy (non-hydrogen) atoms. The van der Waals surface area contributed by atoms with Crippen LogP contribution in [0, 0.1) is 0 Å². The molecule has 0 atom stereocenters. The molecule has 2 amide bonds. The van der Waals surface area contributed by atoms with Crippen molar-refractivity contribution in [1.29, 1.82) is 0 Å². The molecule has 1 aromatic heterocycles. The summed E-state index contributed by atoms with van der Waals surface area (Å²) in [5.74, 6) is -0.635. The standard InChI is InChI=1S/C25H26N2O2S/c1-25(17-11-5-2-6-12-17,18-13-7-3-8-14-18)24(29)27-23-21(22(26)28)19-15-9-4-10-16-20(19)30-23/h2-3,5-8,11-14H,4,9-10,15-16H2,1H3,(H2,26,28)(H,27,29). The molecule has 4 rings (SSSR count). The van der Waals surface area contributed by atoms with Gasteiger partial charge in [0.05, 0.1) is 11.0 Å². The Bertz CT molecular complexity index is 1020. The van der Waals surface area contributed by atoms with Crippen LogP contribution in [0.3, 0.4) is 0 Å². The lowest BCUT2D eigenvalue weighted by molar-refractivity contribution is -0.119. The highest BCUT2D eigenvalue weighted by Gasteiger charge is 2.38. The number of primary amides is 1. The van der Waals surface area contributed by atoms with Crippen molar-refractivity contribution in [2.24, 2.45) is 5.73 Å². The van der Waals surface area contributed by atoms with Crippen LogP contribution in [-0.4, -0.2) is 11.8 Å². The SMILES string of the molecule is CC(C(=O)Nc1sc2c(c1C(N)=O)CCCCC2)(c1ccccc1)c1ccccc1. The average Bonchev–Trinajstić information content (AvgIpc) is 2.95. The molecular weight excluding hydrogens is 392 g/mol. The summed E-state index contributed by atoms with van der Waals surface area (Å²) in [7, 11) is 0. The maximum atomic E-state index is 13.7. The van der Waals surface area contributed by atoms with E-state index in [-0.39, 0.29) is 5.91 Å². The summed E-state index contributed by atoms with van der Waals surface area (Å²) < 4.78 is 0. The van der Waals surface area contributed by atoms with Crippen molar-refractivity contribution in [1.82, 2.24) is 0 Å². The monoisotopic (exact) mass is 418 g/mol. The van der Waals surface area contributed by atoms with Crippen LogP contribution in [0.4, 0.5) is 5.00 Å². The van der Waals surface area contributed by atoms with E-state index >= 15 is 0 Å². The van der Waals surface area contributed by atoms with Gasteiger partial charge in [-0.1, -0.05) is 67.1 Å². The van der Waals surface area contributed by atoms with Gasteiger partial charge in [-0.25, -0.2) is 0 Å². The van der Waals surface area contributed by atoms with Crippen molar-refractivity contribution in [3.8, 4) is 0 Å². The zero-order chi connectivity index (χ0) is 21.1. The Balaban J connectivity index is 1.77. The van der Waals surface area contributed by atoms with Crippen molar-refractivity contribution in [3.05, 3.63) is 87.8 Å². The molecule has 0 fully saturated rings. The summed E-state index contributed by atoms with van der Waals surface area (Å²) in [5.41, 5.74) is 8.17. The number of aryl methyl sites for hydroxylation is 1. The first-order chi connectivity index (χ1) is 14.5. The van der Waals surface area contributed by atoms with Crippen molar-refractivity contribution < 1.29 is 9.59 Å². The molecule has 1 aliphatic carbocycles. The fourth-order valence-electron chi connectivity index (χ4n) is 4.29. The Morgan fingerprint density at radius 3 is 2.03 bits per heavy atom. The van der Waals surface area contributed by atoms with E-state index in [0.29, 0.717) is 10.6 Å². The number of hydrogen-bond donors (Lipinski definition) is 2. The lowest BCUT2D eigenvalue weighted by atomic mass is 9.75. The van der Waals surface area contributed by atoms with E-state index in [4.69, 9.17) is 5.73 Å². The van der Waals surface area contributed by atoms with Gasteiger partial charge in [-0.2, -0.15) is 0 Å². The van der Waals surface area contributed by atoms with Gasteiger partial charge in [0.25, 0.3) is 5.91 Å². The highest BCUT2D eigenvalue weighted by atomic mass is 32.1. The van der Waals surface area contributed by atoms with Gasteiger partial charge in [0.2, 0.25) is 5.91 Å². The van der Waals surface area contributed by atoms with E-state index in [1.807, 2.05) is 67.6 Å². The topological polar surface area (TPSA) is 72.2 Å². The Morgan fingerprint density at radius 1 is 0.900 bits per heavy atom. The highest BCUT2D eigenvalue weighted by molar-refractivity contribution is 7.17. The summed E-state index contributed by atoms with van der Waals surface area (Å²) >= 11 is 1.51. The smallest absolute Gasteiger partial charge is 0.251 e. The molecule has 0 bridgehead atoms. The van der Waals surface area contributed by atoms with E-state index in [9.17, 15) is 9.59 Å². The van der Waals surface area contributed by atoms with E-state index in [2.05, 4.69) is 5.32 Å². The van der Waals surface area contributed by atoms with Crippen LogP contribution in [0.15, 0.2) is 60.7 Å². The second-order valence-electron chi connectivity index (χ2n) is 7.94. The van der Waals surface area contributed by atoms with Gasteiger partial charge in [-0.3, -0.25) is 9.59 Å². The van der Waals surface area contributed by atoms with Crippen LogP contribution < -0.4 is 11.1 Å². The number of carbonyl (C=O) groups is 2. The molecule has 0 saturated heterocycles. The number of amides is 2. The van der Waals surface area contributed by atoms with Gasteiger partial charge in [0.15, 0.2) is 0 Å². The number of nitrogens with one attached hydrogen (secondary N) is 1. The third-order valence-electron chi connectivity index (χ3n) is 6.05. The molecule has 0 aliphatic heterocycles. The van der Waals surface area contributed by atoms with Gasteiger partial charge in [-0.05, 0) is 49.3 Å². The largest absolute Gasteiger partial charge is 0.365 e. The molecular formula is C25H26N2O2S. The lowest BCUT2D eigenvalue weighted by Gasteiger charge is -2.29. The Labute approximate surface area is 181 Å². The normalized spacial score (nSPS) is 13.9. The van der Waals surface area contributed by atoms with E-state index in [1.54, 1.807) is 0 Å². The Kier molecular flexibility index (Phi) is 5.73. The van der Waals surface area contributed by atoms with Crippen molar-refractivity contribution in [2.45, 2.75) is 44.4 Å². The molecule has 1 heterocycles. The van der Waals surface area contributed by atoms with Crippen molar-refractivity contribution in [2.75, 3.05) is 5.32 Å². The molecule has 2 aromatic carbocycles. The predicted octanol–water partition coefficient (Wildman–Crippen LogP) is 5.06. The Morgan fingerprint density at radius 2 is 1.47 bits per heavy atom. The number of thiophene rings is 1. The van der Waals surface area contributed by atoms with E-state index in [0.717, 1.165) is 48.8 Å². The fourth-order valence-corrected chi connectivity index (χ4v) is 5.58. The third kappa shape index (κ3) is 3.65. The van der Waals surface area contributed by atoms with Gasteiger partial charge >= 0.3 is 0 Å². The zero-order valence-corrected chi connectivity index (χ0v) is 17.9. The molecule has 154 valence electrons. The fraction of sp³-hybridized carbons (Fsp3) is 0.280. The first kappa shape index (κ1) is 20.4. The van der Waals surface area contributed by atoms with E-state index < -0.39 is 11.3 Å². The molecule has 0 saturated carbocycles. The molecule has 3 aromatic rings. The number of fused-ring (bicyclic) bond motifs is 1. The van der Waals surface area contributed by atoms with Gasteiger partial charge < -0.3 is 11.1 Å². The van der Waals surface area contributed by atoms with Crippen molar-refractivity contribution in [3.63, 3.8) is 0 Å². The van der Waals surface area contributed by atoms with Gasteiger partial charge in [0, 0.05) is 4.88 Å². The highest BCUT2D eigenvalue weighted by Crippen LogP contribution is 2.39. The van der Waals surface area contributed by atoms with Crippen LogP contribution in [-0.2, 0) is 23.1 Å². The number of benzene rings is 2. The summed E-state index contributed by atoms with van der Waals surface area (Å²) in [6, 6.07) is 19.5. The molecule has 5 heteroatoms. The molecule has 0 radical (unpaired) electrons. The van der Waals surface area contributed by atoms with Crippen molar-refractivity contribution >= 4 is 28.2 Å². The molecule has 4 nitrogen and oxygen atoms in total. The number of hydrogen-bond acceptors (Lipinski definition) is 3. The second-order valence-corrected chi connectivity index (χ2v) is 9.05. The maximum absolute atomic E-state index is 13.7.